The summed E-state index contributed by atoms with van der Waals surface area (Å²) >= 11 is 0. The van der Waals surface area contributed by atoms with Gasteiger partial charge in [-0.3, -0.25) is 4.98 Å². The molecule has 1 spiro atoms. The van der Waals surface area contributed by atoms with Gasteiger partial charge in [0, 0.05) is 37.0 Å². The van der Waals surface area contributed by atoms with E-state index in [9.17, 15) is 12.8 Å². The number of nitrogens with zero attached hydrogens (tertiary/aromatic N) is 4. The number of aryl methyl sites for hydroxylation is 1. The molecular formula is C21H21FN4O3S. The van der Waals surface area contributed by atoms with Crippen LogP contribution >= 0.6 is 0 Å². The summed E-state index contributed by atoms with van der Waals surface area (Å²) in [4.78, 5) is 8.66. The summed E-state index contributed by atoms with van der Waals surface area (Å²) in [6, 6.07) is 7.58. The molecule has 3 heterocycles. The number of rotatable bonds is 4. The molecule has 0 radical (unpaired) electrons. The Morgan fingerprint density at radius 2 is 2.03 bits per heavy atom. The predicted octanol–water partition coefficient (Wildman–Crippen LogP) is 3.54. The first-order chi connectivity index (χ1) is 14.4. The first-order valence-corrected chi connectivity index (χ1v) is 11.3. The van der Waals surface area contributed by atoms with Crippen LogP contribution in [0.4, 0.5) is 4.39 Å². The molecule has 1 aliphatic heterocycles. The maximum absolute atomic E-state index is 13.6. The summed E-state index contributed by atoms with van der Waals surface area (Å²) in [5, 5.41) is 4.07. The fraction of sp³-hybridized carbons (Fsp3) is 0.381. The molecule has 1 saturated carbocycles. The van der Waals surface area contributed by atoms with Crippen molar-refractivity contribution in [2.45, 2.75) is 37.0 Å². The molecule has 3 aromatic rings. The average molecular weight is 428 g/mol. The van der Waals surface area contributed by atoms with E-state index in [0.717, 1.165) is 30.9 Å². The third-order valence-corrected chi connectivity index (χ3v) is 8.38. The van der Waals surface area contributed by atoms with Crippen LogP contribution in [0.1, 0.15) is 36.6 Å². The summed E-state index contributed by atoms with van der Waals surface area (Å²) in [5.74, 6) is 0.722. The molecule has 1 aliphatic carbocycles. The van der Waals surface area contributed by atoms with Gasteiger partial charge in [-0.1, -0.05) is 11.2 Å². The van der Waals surface area contributed by atoms with Crippen molar-refractivity contribution in [3.8, 4) is 11.4 Å². The second kappa shape index (κ2) is 6.95. The number of pyridine rings is 1. The third-order valence-electron chi connectivity index (χ3n) is 6.34. The zero-order chi connectivity index (χ0) is 20.9. The lowest BCUT2D eigenvalue weighted by Crippen LogP contribution is -2.39. The topological polar surface area (TPSA) is 89.2 Å². The fourth-order valence-corrected chi connectivity index (χ4v) is 6.08. The quantitative estimate of drug-likeness (QED) is 0.632. The van der Waals surface area contributed by atoms with Crippen LogP contribution in [0.2, 0.25) is 0 Å². The molecule has 2 aromatic heterocycles. The molecular weight excluding hydrogens is 407 g/mol. The van der Waals surface area contributed by atoms with Crippen LogP contribution < -0.4 is 0 Å². The smallest absolute Gasteiger partial charge is 0.243 e. The van der Waals surface area contributed by atoms with Gasteiger partial charge in [-0.15, -0.1) is 0 Å². The van der Waals surface area contributed by atoms with Crippen molar-refractivity contribution in [1.82, 2.24) is 19.4 Å². The number of hydrogen-bond acceptors (Lipinski definition) is 6. The van der Waals surface area contributed by atoms with Gasteiger partial charge < -0.3 is 4.52 Å². The molecule has 0 amide bonds. The Morgan fingerprint density at radius 3 is 2.77 bits per heavy atom. The molecule has 5 rings (SSSR count). The second-order valence-corrected chi connectivity index (χ2v) is 10.0. The number of sulfonamides is 1. The summed E-state index contributed by atoms with van der Waals surface area (Å²) in [6.07, 6.45) is 5.73. The molecule has 1 atom stereocenters. The van der Waals surface area contributed by atoms with E-state index in [-0.39, 0.29) is 16.2 Å². The van der Waals surface area contributed by atoms with Crippen molar-refractivity contribution in [2.75, 3.05) is 13.1 Å². The van der Waals surface area contributed by atoms with Gasteiger partial charge >= 0.3 is 0 Å². The molecule has 0 bridgehead atoms. The van der Waals surface area contributed by atoms with Crippen molar-refractivity contribution >= 4 is 10.0 Å². The Morgan fingerprint density at radius 1 is 1.23 bits per heavy atom. The van der Waals surface area contributed by atoms with Gasteiger partial charge in [0.2, 0.25) is 21.7 Å². The van der Waals surface area contributed by atoms with Crippen LogP contribution in [0.5, 0.6) is 0 Å². The Balaban J connectivity index is 1.29. The van der Waals surface area contributed by atoms with Gasteiger partial charge in [0.1, 0.15) is 5.82 Å². The number of piperidine rings is 1. The van der Waals surface area contributed by atoms with Crippen molar-refractivity contribution in [3.63, 3.8) is 0 Å². The van der Waals surface area contributed by atoms with Crippen LogP contribution in [0, 0.1) is 18.2 Å². The molecule has 1 saturated heterocycles. The van der Waals surface area contributed by atoms with Crippen LogP contribution in [-0.2, 0) is 10.0 Å². The molecule has 30 heavy (non-hydrogen) atoms. The monoisotopic (exact) mass is 428 g/mol. The van der Waals surface area contributed by atoms with Crippen LogP contribution in [-0.4, -0.2) is 40.9 Å². The first kappa shape index (κ1) is 19.3. The van der Waals surface area contributed by atoms with Gasteiger partial charge in [-0.25, -0.2) is 12.8 Å². The maximum Gasteiger partial charge on any atom is 0.243 e. The molecule has 156 valence electrons. The lowest BCUT2D eigenvalue weighted by molar-refractivity contribution is 0.242. The Kier molecular flexibility index (Phi) is 4.48. The Bertz CT molecular complexity index is 1190. The lowest BCUT2D eigenvalue weighted by Gasteiger charge is -2.32. The van der Waals surface area contributed by atoms with Gasteiger partial charge in [0.25, 0.3) is 0 Å². The zero-order valence-electron chi connectivity index (χ0n) is 16.5. The van der Waals surface area contributed by atoms with Crippen LogP contribution in [0.25, 0.3) is 11.4 Å². The summed E-state index contributed by atoms with van der Waals surface area (Å²) in [6.45, 7) is 2.49. The average Bonchev–Trinajstić information content (AvgIpc) is 3.21. The highest BCUT2D eigenvalue weighted by molar-refractivity contribution is 7.89. The van der Waals surface area contributed by atoms with Crippen molar-refractivity contribution in [2.24, 2.45) is 5.41 Å². The minimum Gasteiger partial charge on any atom is -0.339 e. The molecule has 1 unspecified atom stereocenters. The highest BCUT2D eigenvalue weighted by Gasteiger charge is 2.59. The van der Waals surface area contributed by atoms with E-state index in [1.165, 1.54) is 16.4 Å². The van der Waals surface area contributed by atoms with Crippen molar-refractivity contribution in [1.29, 1.82) is 0 Å². The summed E-state index contributed by atoms with van der Waals surface area (Å²) in [5.41, 5.74) is 1.35. The van der Waals surface area contributed by atoms with Crippen LogP contribution in [0.3, 0.4) is 0 Å². The van der Waals surface area contributed by atoms with Crippen molar-refractivity contribution in [3.05, 3.63) is 60.0 Å². The number of benzene rings is 1. The van der Waals surface area contributed by atoms with Crippen molar-refractivity contribution < 1.29 is 17.3 Å². The lowest BCUT2D eigenvalue weighted by atomic mass is 9.92. The molecule has 7 nitrogen and oxygen atoms in total. The second-order valence-electron chi connectivity index (χ2n) is 8.13. The Labute approximate surface area is 174 Å². The highest BCUT2D eigenvalue weighted by Crippen LogP contribution is 2.64. The fourth-order valence-electron chi connectivity index (χ4n) is 4.40. The van der Waals surface area contributed by atoms with E-state index in [0.29, 0.717) is 30.4 Å². The largest absolute Gasteiger partial charge is 0.339 e. The molecule has 2 fully saturated rings. The van der Waals surface area contributed by atoms with Gasteiger partial charge in [0.05, 0.1) is 4.90 Å². The van der Waals surface area contributed by atoms with E-state index in [2.05, 4.69) is 15.1 Å². The standard InChI is InChI=1S/C21H21FN4O3S/c1-14-4-5-16(22)11-18(14)30(27,28)26-9-6-21(7-10-26)12-17(21)20-24-19(25-29-20)15-3-2-8-23-13-15/h2-5,8,11,13,17H,6-7,9-10,12H2,1H3. The van der Waals surface area contributed by atoms with Gasteiger partial charge in [-0.05, 0) is 61.4 Å². The highest BCUT2D eigenvalue weighted by atomic mass is 32.2. The molecule has 2 aliphatic rings. The Hall–Kier alpha value is -2.65. The number of hydrogen-bond donors (Lipinski definition) is 0. The van der Waals surface area contributed by atoms with Gasteiger partial charge in [-0.2, -0.15) is 9.29 Å². The minimum absolute atomic E-state index is 0.00173. The predicted molar refractivity (Wildman–Crippen MR) is 106 cm³/mol. The van der Waals surface area contributed by atoms with Crippen LogP contribution in [0.15, 0.2) is 52.1 Å². The normalized spacial score (nSPS) is 21.1. The van der Waals surface area contributed by atoms with E-state index in [1.807, 2.05) is 12.1 Å². The molecule has 9 heteroatoms. The van der Waals surface area contributed by atoms with E-state index in [4.69, 9.17) is 4.52 Å². The summed E-state index contributed by atoms with van der Waals surface area (Å²) < 4.78 is 46.6. The van der Waals surface area contributed by atoms with E-state index >= 15 is 0 Å². The first-order valence-electron chi connectivity index (χ1n) is 9.89. The van der Waals surface area contributed by atoms with E-state index in [1.54, 1.807) is 19.3 Å². The molecule has 0 N–H and O–H groups in total. The third kappa shape index (κ3) is 3.22. The maximum atomic E-state index is 13.6. The van der Waals surface area contributed by atoms with Gasteiger partial charge in [0.15, 0.2) is 0 Å². The zero-order valence-corrected chi connectivity index (χ0v) is 17.3. The number of aromatic nitrogens is 3. The van der Waals surface area contributed by atoms with E-state index < -0.39 is 15.8 Å². The SMILES string of the molecule is Cc1ccc(F)cc1S(=O)(=O)N1CCC2(CC1)CC2c1nc(-c2cccnc2)no1. The molecule has 1 aromatic carbocycles. The minimum atomic E-state index is -3.72. The summed E-state index contributed by atoms with van der Waals surface area (Å²) in [7, 11) is -3.72. The number of halogens is 1.